The molecule has 31 heavy (non-hydrogen) atoms. The summed E-state index contributed by atoms with van der Waals surface area (Å²) in [6.07, 6.45) is 1.09. The summed E-state index contributed by atoms with van der Waals surface area (Å²) in [5.74, 6) is 2.26. The van der Waals surface area contributed by atoms with Crippen molar-refractivity contribution in [2.24, 2.45) is 11.8 Å². The molecule has 3 nitrogen and oxygen atoms in total. The van der Waals surface area contributed by atoms with E-state index in [2.05, 4.69) is 77.9 Å². The van der Waals surface area contributed by atoms with Gasteiger partial charge in [-0.25, -0.2) is 0 Å². The van der Waals surface area contributed by atoms with Crippen LogP contribution in [-0.4, -0.2) is 22.9 Å². The monoisotopic (exact) mass is 426 g/mol. The van der Waals surface area contributed by atoms with E-state index in [1.54, 1.807) is 0 Å². The molecular formula is C28H42O3. The largest absolute Gasteiger partial charge is 0.488 e. The van der Waals surface area contributed by atoms with Crippen molar-refractivity contribution in [3.8, 4) is 11.5 Å². The number of hydrogen-bond acceptors (Lipinski definition) is 3. The molecule has 2 aromatic carbocycles. The van der Waals surface area contributed by atoms with Crippen molar-refractivity contribution in [1.29, 1.82) is 0 Å². The summed E-state index contributed by atoms with van der Waals surface area (Å²) in [5, 5.41) is 9.46. The molecule has 2 rings (SSSR count). The molecule has 0 aliphatic rings. The fourth-order valence-corrected chi connectivity index (χ4v) is 3.57. The fraction of sp³-hybridized carbons (Fsp3) is 0.571. The Bertz CT molecular complexity index is 747. The molecular weight excluding hydrogens is 384 g/mol. The average Bonchev–Trinajstić information content (AvgIpc) is 2.72. The maximum atomic E-state index is 9.46. The van der Waals surface area contributed by atoms with E-state index in [1.807, 2.05) is 32.9 Å². The minimum absolute atomic E-state index is 0.0506. The average molecular weight is 427 g/mol. The second-order valence-corrected chi connectivity index (χ2v) is 10.5. The zero-order valence-electron chi connectivity index (χ0n) is 21.0. The molecule has 0 spiro atoms. The number of hydrogen-bond donors (Lipinski definition) is 1. The van der Waals surface area contributed by atoms with Crippen molar-refractivity contribution in [1.82, 2.24) is 0 Å². The van der Waals surface area contributed by atoms with E-state index in [0.717, 1.165) is 17.9 Å². The summed E-state index contributed by atoms with van der Waals surface area (Å²) in [7, 11) is 0. The number of benzene rings is 2. The van der Waals surface area contributed by atoms with Gasteiger partial charge in [-0.2, -0.15) is 0 Å². The van der Waals surface area contributed by atoms with Crippen molar-refractivity contribution in [2.75, 3.05) is 6.61 Å². The standard InChI is InChI=1S/C28H42O3/c1-10-20(2)27(6,7)30-24-15-11-22(12-16-24)26(4,5)23-13-17-25(18-14-23)31-28(8,9)21(3)19-29/h11-18,20-21,29H,10,19H2,1-9H3. The number of rotatable bonds is 10. The molecule has 2 unspecified atom stereocenters. The maximum Gasteiger partial charge on any atom is 0.120 e. The number of ether oxygens (including phenoxy) is 2. The Morgan fingerprint density at radius 1 is 0.677 bits per heavy atom. The van der Waals surface area contributed by atoms with Crippen molar-refractivity contribution in [3.05, 3.63) is 59.7 Å². The molecule has 3 heteroatoms. The van der Waals surface area contributed by atoms with Crippen molar-refractivity contribution in [3.63, 3.8) is 0 Å². The molecule has 0 saturated carbocycles. The Labute approximate surface area is 189 Å². The van der Waals surface area contributed by atoms with Gasteiger partial charge < -0.3 is 14.6 Å². The van der Waals surface area contributed by atoms with Gasteiger partial charge in [0, 0.05) is 17.9 Å². The van der Waals surface area contributed by atoms with Crippen LogP contribution < -0.4 is 9.47 Å². The van der Waals surface area contributed by atoms with Gasteiger partial charge in [0.1, 0.15) is 22.7 Å². The molecule has 0 fully saturated rings. The van der Waals surface area contributed by atoms with E-state index in [4.69, 9.17) is 9.47 Å². The second kappa shape index (κ2) is 9.65. The molecule has 0 bridgehead atoms. The van der Waals surface area contributed by atoms with E-state index in [0.29, 0.717) is 5.92 Å². The van der Waals surface area contributed by atoms with Gasteiger partial charge in [0.2, 0.25) is 0 Å². The molecule has 1 N–H and O–H groups in total. The van der Waals surface area contributed by atoms with E-state index >= 15 is 0 Å². The summed E-state index contributed by atoms with van der Waals surface area (Å²) in [4.78, 5) is 0. The first kappa shape index (κ1) is 25.3. The van der Waals surface area contributed by atoms with Gasteiger partial charge in [0.15, 0.2) is 0 Å². The topological polar surface area (TPSA) is 38.7 Å². The first-order valence-electron chi connectivity index (χ1n) is 11.5. The Morgan fingerprint density at radius 3 is 1.35 bits per heavy atom. The van der Waals surface area contributed by atoms with Crippen LogP contribution >= 0.6 is 0 Å². The smallest absolute Gasteiger partial charge is 0.120 e. The highest BCUT2D eigenvalue weighted by Gasteiger charge is 2.29. The molecule has 0 radical (unpaired) electrons. The van der Waals surface area contributed by atoms with E-state index < -0.39 is 5.60 Å². The van der Waals surface area contributed by atoms with Gasteiger partial charge >= 0.3 is 0 Å². The predicted molar refractivity (Wildman–Crippen MR) is 130 cm³/mol. The molecule has 0 aliphatic heterocycles. The summed E-state index contributed by atoms with van der Waals surface area (Å²) in [5.41, 5.74) is 1.70. The van der Waals surface area contributed by atoms with Crippen LogP contribution in [0.5, 0.6) is 11.5 Å². The molecule has 2 atom stereocenters. The molecule has 0 aromatic heterocycles. The highest BCUT2D eigenvalue weighted by Crippen LogP contribution is 2.35. The van der Waals surface area contributed by atoms with E-state index in [9.17, 15) is 5.11 Å². The second-order valence-electron chi connectivity index (χ2n) is 10.5. The Hall–Kier alpha value is -2.00. The van der Waals surface area contributed by atoms with Crippen LogP contribution in [0.1, 0.15) is 79.9 Å². The maximum absolute atomic E-state index is 9.46. The van der Waals surface area contributed by atoms with Crippen LogP contribution in [0.2, 0.25) is 0 Å². The van der Waals surface area contributed by atoms with Crippen molar-refractivity contribution >= 4 is 0 Å². The predicted octanol–water partition coefficient (Wildman–Crippen LogP) is 7.00. The van der Waals surface area contributed by atoms with Gasteiger partial charge in [-0.05, 0) is 75.4 Å². The van der Waals surface area contributed by atoms with Gasteiger partial charge in [0.05, 0.1) is 0 Å². The van der Waals surface area contributed by atoms with Crippen LogP contribution in [0, 0.1) is 11.8 Å². The van der Waals surface area contributed by atoms with Crippen LogP contribution in [0.15, 0.2) is 48.5 Å². The lowest BCUT2D eigenvalue weighted by Gasteiger charge is -2.33. The Kier molecular flexibility index (Phi) is 7.86. The van der Waals surface area contributed by atoms with Crippen LogP contribution in [0.4, 0.5) is 0 Å². The van der Waals surface area contributed by atoms with Crippen LogP contribution in [-0.2, 0) is 5.41 Å². The van der Waals surface area contributed by atoms with Crippen LogP contribution in [0.3, 0.4) is 0 Å². The molecule has 0 aliphatic carbocycles. The number of aliphatic hydroxyl groups excluding tert-OH is 1. The molecule has 0 amide bonds. The highest BCUT2D eigenvalue weighted by atomic mass is 16.5. The molecule has 0 saturated heterocycles. The molecule has 0 heterocycles. The third-order valence-electron chi connectivity index (χ3n) is 7.17. The molecule has 2 aromatic rings. The summed E-state index contributed by atoms with van der Waals surface area (Å²) < 4.78 is 12.4. The normalized spacial score (nSPS) is 14.8. The van der Waals surface area contributed by atoms with Crippen molar-refractivity contribution < 1.29 is 14.6 Å². The van der Waals surface area contributed by atoms with Gasteiger partial charge in [0.25, 0.3) is 0 Å². The van der Waals surface area contributed by atoms with Crippen molar-refractivity contribution in [2.45, 2.75) is 85.4 Å². The first-order chi connectivity index (χ1) is 14.3. The van der Waals surface area contributed by atoms with Gasteiger partial charge in [-0.3, -0.25) is 0 Å². The zero-order chi connectivity index (χ0) is 23.4. The summed E-state index contributed by atoms with van der Waals surface area (Å²) in [6.45, 7) is 19.3. The summed E-state index contributed by atoms with van der Waals surface area (Å²) in [6, 6.07) is 16.8. The minimum atomic E-state index is -0.426. The van der Waals surface area contributed by atoms with Gasteiger partial charge in [-0.15, -0.1) is 0 Å². The lowest BCUT2D eigenvalue weighted by molar-refractivity contribution is 0.0230. The van der Waals surface area contributed by atoms with Gasteiger partial charge in [-0.1, -0.05) is 58.9 Å². The highest BCUT2D eigenvalue weighted by molar-refractivity contribution is 5.42. The van der Waals surface area contributed by atoms with E-state index in [-0.39, 0.29) is 23.5 Å². The molecule has 172 valence electrons. The lowest BCUT2D eigenvalue weighted by Crippen LogP contribution is -2.37. The third kappa shape index (κ3) is 6.04. The van der Waals surface area contributed by atoms with E-state index in [1.165, 1.54) is 11.1 Å². The Morgan fingerprint density at radius 2 is 1.03 bits per heavy atom. The summed E-state index contributed by atoms with van der Waals surface area (Å²) >= 11 is 0. The van der Waals surface area contributed by atoms with Crippen LogP contribution in [0.25, 0.3) is 0 Å². The number of aliphatic hydroxyl groups is 1. The Balaban J connectivity index is 2.16. The zero-order valence-corrected chi connectivity index (χ0v) is 21.0. The third-order valence-corrected chi connectivity index (χ3v) is 7.17. The first-order valence-corrected chi connectivity index (χ1v) is 11.5. The fourth-order valence-electron chi connectivity index (χ4n) is 3.57. The lowest BCUT2D eigenvalue weighted by atomic mass is 9.78. The minimum Gasteiger partial charge on any atom is -0.488 e. The SMILES string of the molecule is CCC(C)C(C)(C)Oc1ccc(C(C)(C)c2ccc(OC(C)(C)C(C)CO)cc2)cc1. The quantitative estimate of drug-likeness (QED) is 0.444.